The van der Waals surface area contributed by atoms with Crippen LogP contribution in [-0.4, -0.2) is 30.4 Å². The van der Waals surface area contributed by atoms with Crippen molar-refractivity contribution in [3.8, 4) is 23.0 Å². The van der Waals surface area contributed by atoms with Crippen molar-refractivity contribution in [3.63, 3.8) is 0 Å². The number of nitrogens with zero attached hydrogens (tertiary/aromatic N) is 3. The first-order valence-electron chi connectivity index (χ1n) is 9.72. The summed E-state index contributed by atoms with van der Waals surface area (Å²) in [6.45, 7) is 0. The largest absolute Gasteiger partial charge is 0.322 e. The van der Waals surface area contributed by atoms with E-state index in [0.29, 0.717) is 22.5 Å². The van der Waals surface area contributed by atoms with Gasteiger partial charge in [0.1, 0.15) is 11.5 Å². The summed E-state index contributed by atoms with van der Waals surface area (Å²) < 4.78 is 38.6. The lowest BCUT2D eigenvalue weighted by Crippen LogP contribution is -2.12. The van der Waals surface area contributed by atoms with Gasteiger partial charge in [0.25, 0.3) is 5.91 Å². The van der Waals surface area contributed by atoms with Crippen molar-refractivity contribution in [2.24, 2.45) is 0 Å². The van der Waals surface area contributed by atoms with E-state index in [0.717, 1.165) is 6.26 Å². The zero-order valence-electron chi connectivity index (χ0n) is 17.4. The number of aromatic nitrogens is 2. The molecule has 4 aromatic rings. The number of sulfone groups is 1. The average molecular weight is 460 g/mol. The molecule has 164 valence electrons. The topological polar surface area (TPSA) is 105 Å². The van der Waals surface area contributed by atoms with E-state index in [1.165, 1.54) is 41.2 Å². The number of benzene rings is 3. The minimum absolute atomic E-state index is 0.137. The van der Waals surface area contributed by atoms with Crippen LogP contribution in [0.25, 0.3) is 16.9 Å². The highest BCUT2D eigenvalue weighted by Crippen LogP contribution is 2.26. The van der Waals surface area contributed by atoms with E-state index in [-0.39, 0.29) is 16.1 Å². The molecule has 4 rings (SSSR count). The van der Waals surface area contributed by atoms with Crippen molar-refractivity contribution >= 4 is 21.4 Å². The maximum Gasteiger partial charge on any atom is 0.259 e. The second-order valence-corrected chi connectivity index (χ2v) is 9.27. The van der Waals surface area contributed by atoms with Gasteiger partial charge in [0.15, 0.2) is 9.84 Å². The summed E-state index contributed by atoms with van der Waals surface area (Å²) in [5, 5.41) is 16.4. The van der Waals surface area contributed by atoms with E-state index < -0.39 is 21.6 Å². The van der Waals surface area contributed by atoms with Gasteiger partial charge in [0, 0.05) is 23.7 Å². The Kier molecular flexibility index (Phi) is 5.77. The maximum absolute atomic E-state index is 13.6. The number of hydrogen-bond donors (Lipinski definition) is 1. The van der Waals surface area contributed by atoms with Crippen LogP contribution in [0.15, 0.2) is 83.9 Å². The Morgan fingerprint density at radius 3 is 2.45 bits per heavy atom. The summed E-state index contributed by atoms with van der Waals surface area (Å²) in [4.78, 5) is 13.2. The molecule has 1 heterocycles. The Morgan fingerprint density at radius 1 is 1.06 bits per heavy atom. The quantitative estimate of drug-likeness (QED) is 0.480. The summed E-state index contributed by atoms with van der Waals surface area (Å²) >= 11 is 0. The first kappa shape index (κ1) is 21.9. The molecule has 1 aromatic heterocycles. The summed E-state index contributed by atoms with van der Waals surface area (Å²) in [6, 6.07) is 20.3. The number of anilines is 1. The molecule has 1 amide bonds. The van der Waals surface area contributed by atoms with Crippen LogP contribution in [0.4, 0.5) is 10.1 Å². The highest BCUT2D eigenvalue weighted by atomic mass is 32.2. The third-order valence-corrected chi connectivity index (χ3v) is 5.97. The fourth-order valence-electron chi connectivity index (χ4n) is 3.23. The van der Waals surface area contributed by atoms with Gasteiger partial charge in [-0.2, -0.15) is 10.4 Å². The lowest BCUT2D eigenvalue weighted by molar-refractivity contribution is 0.102. The number of rotatable bonds is 5. The second-order valence-electron chi connectivity index (χ2n) is 7.26. The third-order valence-electron chi connectivity index (χ3n) is 4.84. The van der Waals surface area contributed by atoms with E-state index in [2.05, 4.69) is 16.5 Å². The van der Waals surface area contributed by atoms with Crippen LogP contribution in [0, 0.1) is 17.1 Å². The van der Waals surface area contributed by atoms with Gasteiger partial charge in [-0.15, -0.1) is 0 Å². The molecular formula is C24H17FN4O3S. The van der Waals surface area contributed by atoms with E-state index >= 15 is 0 Å². The van der Waals surface area contributed by atoms with Crippen LogP contribution >= 0.6 is 0 Å². The molecule has 0 fully saturated rings. The number of nitriles is 1. The summed E-state index contributed by atoms with van der Waals surface area (Å²) in [5.41, 5.74) is 2.26. The molecule has 0 unspecified atom stereocenters. The third kappa shape index (κ3) is 4.81. The molecule has 0 bridgehead atoms. The van der Waals surface area contributed by atoms with Gasteiger partial charge < -0.3 is 5.32 Å². The lowest BCUT2D eigenvalue weighted by Gasteiger charge is -2.06. The van der Waals surface area contributed by atoms with Crippen LogP contribution in [0.3, 0.4) is 0 Å². The van der Waals surface area contributed by atoms with Crippen molar-refractivity contribution in [3.05, 3.63) is 95.9 Å². The van der Waals surface area contributed by atoms with Gasteiger partial charge >= 0.3 is 0 Å². The standard InChI is InChI=1S/C24H17FN4O3S/c1-33(31,32)21-10-8-17(9-11-21)23-22(24(30)27-19-6-3-5-18(25)13-19)15-29(28-23)20-7-2-4-16(12-20)14-26/h2-13,15H,1H3,(H,27,30). The summed E-state index contributed by atoms with van der Waals surface area (Å²) in [7, 11) is -3.39. The molecule has 9 heteroatoms. The van der Waals surface area contributed by atoms with E-state index in [9.17, 15) is 22.9 Å². The van der Waals surface area contributed by atoms with Crippen LogP contribution in [-0.2, 0) is 9.84 Å². The number of hydrogen-bond acceptors (Lipinski definition) is 5. The van der Waals surface area contributed by atoms with Crippen molar-refractivity contribution in [1.29, 1.82) is 5.26 Å². The van der Waals surface area contributed by atoms with Crippen LogP contribution in [0.1, 0.15) is 15.9 Å². The van der Waals surface area contributed by atoms with Crippen molar-refractivity contribution in [2.45, 2.75) is 4.90 Å². The zero-order chi connectivity index (χ0) is 23.6. The molecule has 1 N–H and O–H groups in total. The Hall–Kier alpha value is -4.29. The van der Waals surface area contributed by atoms with Crippen LogP contribution in [0.2, 0.25) is 0 Å². The molecule has 0 aliphatic heterocycles. The lowest BCUT2D eigenvalue weighted by atomic mass is 10.1. The van der Waals surface area contributed by atoms with Gasteiger partial charge in [-0.05, 0) is 48.5 Å². The van der Waals surface area contributed by atoms with E-state index in [4.69, 9.17) is 0 Å². The number of amides is 1. The number of carbonyl (C=O) groups is 1. The molecule has 0 spiro atoms. The fourth-order valence-corrected chi connectivity index (χ4v) is 3.86. The molecule has 33 heavy (non-hydrogen) atoms. The van der Waals surface area contributed by atoms with E-state index in [1.807, 2.05) is 0 Å². The highest BCUT2D eigenvalue weighted by molar-refractivity contribution is 7.90. The maximum atomic E-state index is 13.6. The Labute approximate surface area is 189 Å². The Bertz CT molecular complexity index is 1500. The molecule has 0 aliphatic carbocycles. The number of carbonyl (C=O) groups excluding carboxylic acids is 1. The SMILES string of the molecule is CS(=O)(=O)c1ccc(-c2nn(-c3cccc(C#N)c3)cc2C(=O)Nc2cccc(F)c2)cc1. The van der Waals surface area contributed by atoms with Gasteiger partial charge in [0.2, 0.25) is 0 Å². The summed E-state index contributed by atoms with van der Waals surface area (Å²) in [5.74, 6) is -1.01. The van der Waals surface area contributed by atoms with Crippen LogP contribution in [0.5, 0.6) is 0 Å². The fraction of sp³-hybridized carbons (Fsp3) is 0.0417. The van der Waals surface area contributed by atoms with Gasteiger partial charge in [-0.25, -0.2) is 17.5 Å². The Balaban J connectivity index is 1.80. The highest BCUT2D eigenvalue weighted by Gasteiger charge is 2.20. The zero-order valence-corrected chi connectivity index (χ0v) is 18.2. The molecule has 0 aliphatic rings. The minimum atomic E-state index is -3.39. The smallest absolute Gasteiger partial charge is 0.259 e. The average Bonchev–Trinajstić information content (AvgIpc) is 3.24. The monoisotopic (exact) mass is 460 g/mol. The predicted octanol–water partition coefficient (Wildman–Crippen LogP) is 4.21. The first-order chi connectivity index (χ1) is 15.7. The molecule has 3 aromatic carbocycles. The molecule has 7 nitrogen and oxygen atoms in total. The summed E-state index contributed by atoms with van der Waals surface area (Å²) in [6.07, 6.45) is 2.61. The van der Waals surface area contributed by atoms with Crippen molar-refractivity contribution < 1.29 is 17.6 Å². The second kappa shape index (κ2) is 8.68. The van der Waals surface area contributed by atoms with Crippen molar-refractivity contribution in [1.82, 2.24) is 9.78 Å². The van der Waals surface area contributed by atoms with Crippen LogP contribution < -0.4 is 5.32 Å². The molecule has 0 saturated heterocycles. The van der Waals surface area contributed by atoms with E-state index in [1.54, 1.807) is 42.5 Å². The first-order valence-corrected chi connectivity index (χ1v) is 11.6. The molecular weight excluding hydrogens is 443 g/mol. The molecule has 0 radical (unpaired) electrons. The minimum Gasteiger partial charge on any atom is -0.322 e. The predicted molar refractivity (Wildman–Crippen MR) is 121 cm³/mol. The van der Waals surface area contributed by atoms with Gasteiger partial charge in [-0.1, -0.05) is 24.3 Å². The normalized spacial score (nSPS) is 11.1. The van der Waals surface area contributed by atoms with Gasteiger partial charge in [-0.3, -0.25) is 4.79 Å². The number of nitrogens with one attached hydrogen (secondary N) is 1. The molecule has 0 atom stereocenters. The molecule has 0 saturated carbocycles. The Morgan fingerprint density at radius 2 is 1.79 bits per heavy atom. The van der Waals surface area contributed by atoms with Crippen molar-refractivity contribution in [2.75, 3.05) is 11.6 Å². The van der Waals surface area contributed by atoms with Gasteiger partial charge in [0.05, 0.1) is 27.8 Å². The number of halogens is 1.